The standard InChI is InChI=1S/C15H21N3O3/c1-9-4-3-5-13(10(9)2)18-15(21)17-12-6-11(14(19)20)7-16-8-12/h6-10,13H,3-5H2,1-2H3,(H,19,20)(H2,17,18,21). The van der Waals surface area contributed by atoms with Crippen LogP contribution in [0.5, 0.6) is 0 Å². The van der Waals surface area contributed by atoms with Gasteiger partial charge in [-0.25, -0.2) is 9.59 Å². The summed E-state index contributed by atoms with van der Waals surface area (Å²) in [6, 6.07) is 1.23. The van der Waals surface area contributed by atoms with Crippen molar-refractivity contribution in [3.63, 3.8) is 0 Å². The summed E-state index contributed by atoms with van der Waals surface area (Å²) in [5.74, 6) is -0.0321. The zero-order chi connectivity index (χ0) is 15.4. The van der Waals surface area contributed by atoms with Crippen molar-refractivity contribution in [2.24, 2.45) is 11.8 Å². The van der Waals surface area contributed by atoms with E-state index in [1.807, 2.05) is 0 Å². The topological polar surface area (TPSA) is 91.3 Å². The van der Waals surface area contributed by atoms with Crippen molar-refractivity contribution in [3.8, 4) is 0 Å². The molecule has 0 radical (unpaired) electrons. The number of carbonyl (C=O) groups excluding carboxylic acids is 1. The van der Waals surface area contributed by atoms with Crippen molar-refractivity contribution in [3.05, 3.63) is 24.0 Å². The molecule has 1 aromatic heterocycles. The zero-order valence-corrected chi connectivity index (χ0v) is 12.3. The summed E-state index contributed by atoms with van der Waals surface area (Å²) in [7, 11) is 0. The third kappa shape index (κ3) is 3.93. The highest BCUT2D eigenvalue weighted by atomic mass is 16.4. The van der Waals surface area contributed by atoms with Crippen LogP contribution >= 0.6 is 0 Å². The van der Waals surface area contributed by atoms with E-state index in [1.165, 1.54) is 24.9 Å². The summed E-state index contributed by atoms with van der Waals surface area (Å²) in [6.45, 7) is 4.36. The van der Waals surface area contributed by atoms with Gasteiger partial charge in [0, 0.05) is 12.2 Å². The predicted molar refractivity (Wildman–Crippen MR) is 79.3 cm³/mol. The molecule has 0 aromatic carbocycles. The van der Waals surface area contributed by atoms with Crippen molar-refractivity contribution in [2.75, 3.05) is 5.32 Å². The number of nitrogens with one attached hydrogen (secondary N) is 2. The van der Waals surface area contributed by atoms with E-state index in [1.54, 1.807) is 0 Å². The zero-order valence-electron chi connectivity index (χ0n) is 12.3. The van der Waals surface area contributed by atoms with Crippen LogP contribution in [0.15, 0.2) is 18.5 Å². The van der Waals surface area contributed by atoms with Crippen LogP contribution in [0.1, 0.15) is 43.5 Å². The highest BCUT2D eigenvalue weighted by Crippen LogP contribution is 2.29. The van der Waals surface area contributed by atoms with Gasteiger partial charge in [0.1, 0.15) is 0 Å². The number of carboxylic acid groups (broad SMARTS) is 1. The van der Waals surface area contributed by atoms with E-state index in [2.05, 4.69) is 29.5 Å². The van der Waals surface area contributed by atoms with Crippen molar-refractivity contribution in [2.45, 2.75) is 39.2 Å². The third-order valence-electron chi connectivity index (χ3n) is 4.27. The van der Waals surface area contributed by atoms with Gasteiger partial charge in [0.25, 0.3) is 0 Å². The number of hydrogen-bond donors (Lipinski definition) is 3. The fourth-order valence-corrected chi connectivity index (χ4v) is 2.75. The molecule has 0 saturated heterocycles. The molecule has 1 saturated carbocycles. The van der Waals surface area contributed by atoms with E-state index in [9.17, 15) is 9.59 Å². The summed E-state index contributed by atoms with van der Waals surface area (Å²) >= 11 is 0. The SMILES string of the molecule is CC1CCCC(NC(=O)Nc2cncc(C(=O)O)c2)C1C. The van der Waals surface area contributed by atoms with Crippen LogP contribution in [0, 0.1) is 11.8 Å². The van der Waals surface area contributed by atoms with Gasteiger partial charge < -0.3 is 15.7 Å². The average Bonchev–Trinajstić information content (AvgIpc) is 2.44. The number of aromatic nitrogens is 1. The molecule has 2 rings (SSSR count). The molecule has 114 valence electrons. The van der Waals surface area contributed by atoms with Crippen LogP contribution in [-0.2, 0) is 0 Å². The number of nitrogens with zero attached hydrogens (tertiary/aromatic N) is 1. The molecule has 1 fully saturated rings. The van der Waals surface area contributed by atoms with Crippen molar-refractivity contribution < 1.29 is 14.7 Å². The summed E-state index contributed by atoms with van der Waals surface area (Å²) in [5.41, 5.74) is 0.427. The summed E-state index contributed by atoms with van der Waals surface area (Å²) < 4.78 is 0. The molecule has 1 heterocycles. The third-order valence-corrected chi connectivity index (χ3v) is 4.27. The smallest absolute Gasteiger partial charge is 0.337 e. The van der Waals surface area contributed by atoms with E-state index in [-0.39, 0.29) is 17.6 Å². The van der Waals surface area contributed by atoms with Gasteiger partial charge in [-0.15, -0.1) is 0 Å². The highest BCUT2D eigenvalue weighted by molar-refractivity contribution is 5.92. The number of aromatic carboxylic acids is 1. The number of hydrogen-bond acceptors (Lipinski definition) is 3. The molecule has 6 heteroatoms. The molecule has 1 aromatic rings. The highest BCUT2D eigenvalue weighted by Gasteiger charge is 2.28. The molecule has 0 spiro atoms. The monoisotopic (exact) mass is 291 g/mol. The maximum atomic E-state index is 12.0. The maximum absolute atomic E-state index is 12.0. The van der Waals surface area contributed by atoms with Gasteiger partial charge in [0.2, 0.25) is 0 Å². The molecular weight excluding hydrogens is 270 g/mol. The second kappa shape index (κ2) is 6.56. The average molecular weight is 291 g/mol. The van der Waals surface area contributed by atoms with E-state index in [0.29, 0.717) is 17.5 Å². The summed E-state index contributed by atoms with van der Waals surface area (Å²) in [4.78, 5) is 26.7. The Balaban J connectivity index is 1.95. The van der Waals surface area contributed by atoms with Gasteiger partial charge >= 0.3 is 12.0 Å². The first-order valence-corrected chi connectivity index (χ1v) is 7.23. The van der Waals surface area contributed by atoms with E-state index in [0.717, 1.165) is 12.8 Å². The second-order valence-corrected chi connectivity index (χ2v) is 5.74. The molecule has 3 N–H and O–H groups in total. The Hall–Kier alpha value is -2.11. The molecule has 1 aliphatic rings. The molecule has 3 atom stereocenters. The van der Waals surface area contributed by atoms with Crippen molar-refractivity contribution in [1.82, 2.24) is 10.3 Å². The first-order chi connectivity index (χ1) is 9.97. The number of urea groups is 1. The Morgan fingerprint density at radius 3 is 2.76 bits per heavy atom. The first-order valence-electron chi connectivity index (χ1n) is 7.23. The molecule has 1 aliphatic carbocycles. The Labute approximate surface area is 124 Å². The number of amides is 2. The molecular formula is C15H21N3O3. The van der Waals surface area contributed by atoms with Crippen molar-refractivity contribution >= 4 is 17.7 Å². The molecule has 21 heavy (non-hydrogen) atoms. The van der Waals surface area contributed by atoms with Crippen molar-refractivity contribution in [1.29, 1.82) is 0 Å². The molecule has 3 unspecified atom stereocenters. The molecule has 2 amide bonds. The Bertz CT molecular complexity index is 533. The van der Waals surface area contributed by atoms with Crippen LogP contribution in [0.25, 0.3) is 0 Å². The lowest BCUT2D eigenvalue weighted by Crippen LogP contribution is -2.45. The van der Waals surface area contributed by atoms with Gasteiger partial charge in [-0.2, -0.15) is 0 Å². The summed E-state index contributed by atoms with van der Waals surface area (Å²) in [6.07, 6.45) is 5.97. The normalized spacial score (nSPS) is 25.1. The van der Waals surface area contributed by atoms with Crippen LogP contribution in [-0.4, -0.2) is 28.1 Å². The predicted octanol–water partition coefficient (Wildman–Crippen LogP) is 2.73. The number of carboxylic acids is 1. The van der Waals surface area contributed by atoms with E-state index < -0.39 is 5.97 Å². The van der Waals surface area contributed by atoms with E-state index >= 15 is 0 Å². The van der Waals surface area contributed by atoms with Gasteiger partial charge in [-0.3, -0.25) is 4.98 Å². The fourth-order valence-electron chi connectivity index (χ4n) is 2.75. The molecule has 0 bridgehead atoms. The number of carbonyl (C=O) groups is 2. The summed E-state index contributed by atoms with van der Waals surface area (Å²) in [5, 5.41) is 14.5. The lowest BCUT2D eigenvalue weighted by atomic mass is 9.78. The molecule has 6 nitrogen and oxygen atoms in total. The number of anilines is 1. The first kappa shape index (κ1) is 15.3. The Kier molecular flexibility index (Phi) is 4.77. The van der Waals surface area contributed by atoms with Crippen LogP contribution in [0.3, 0.4) is 0 Å². The maximum Gasteiger partial charge on any atom is 0.337 e. The molecule has 0 aliphatic heterocycles. The van der Waals surface area contributed by atoms with Gasteiger partial charge in [-0.1, -0.05) is 26.7 Å². The van der Waals surface area contributed by atoms with Gasteiger partial charge in [0.15, 0.2) is 0 Å². The van der Waals surface area contributed by atoms with E-state index in [4.69, 9.17) is 5.11 Å². The largest absolute Gasteiger partial charge is 0.478 e. The van der Waals surface area contributed by atoms with Gasteiger partial charge in [-0.05, 0) is 24.3 Å². The fraction of sp³-hybridized carbons (Fsp3) is 0.533. The minimum Gasteiger partial charge on any atom is -0.478 e. The number of rotatable bonds is 3. The van der Waals surface area contributed by atoms with Crippen LogP contribution < -0.4 is 10.6 Å². The second-order valence-electron chi connectivity index (χ2n) is 5.74. The van der Waals surface area contributed by atoms with Crippen LogP contribution in [0.4, 0.5) is 10.5 Å². The minimum absolute atomic E-state index is 0.0486. The van der Waals surface area contributed by atoms with Gasteiger partial charge in [0.05, 0.1) is 17.4 Å². The van der Waals surface area contributed by atoms with Crippen LogP contribution in [0.2, 0.25) is 0 Å². The Morgan fingerprint density at radius 2 is 2.05 bits per heavy atom. The Morgan fingerprint density at radius 1 is 1.29 bits per heavy atom. The lowest BCUT2D eigenvalue weighted by Gasteiger charge is -2.34. The lowest BCUT2D eigenvalue weighted by molar-refractivity contribution is 0.0696. The minimum atomic E-state index is -1.07. The number of pyridine rings is 1. The quantitative estimate of drug-likeness (QED) is 0.798.